The topological polar surface area (TPSA) is 73.1 Å². The lowest BCUT2D eigenvalue weighted by molar-refractivity contribution is -0.123. The highest BCUT2D eigenvalue weighted by Crippen LogP contribution is 2.24. The van der Waals surface area contributed by atoms with Crippen LogP contribution in [0.25, 0.3) is 0 Å². The number of carbonyl (C=O) groups is 1. The van der Waals surface area contributed by atoms with E-state index in [1.165, 1.54) is 5.56 Å². The van der Waals surface area contributed by atoms with Crippen LogP contribution in [0.1, 0.15) is 56.0 Å². The van der Waals surface area contributed by atoms with Gasteiger partial charge < -0.3 is 10.4 Å². The molecule has 2 aromatic rings. The number of amides is 1. The number of aliphatic hydroxyl groups is 1. The zero-order valence-electron chi connectivity index (χ0n) is 14.9. The molecule has 0 saturated heterocycles. The minimum atomic E-state index is -0.885. The van der Waals surface area contributed by atoms with Crippen molar-refractivity contribution in [3.8, 4) is 6.07 Å². The number of benzene rings is 2. The molecule has 130 valence electrons. The Balaban J connectivity index is 2.02. The first kappa shape index (κ1) is 18.7. The van der Waals surface area contributed by atoms with Gasteiger partial charge in [0.2, 0.25) is 5.91 Å². The lowest BCUT2D eigenvalue weighted by Gasteiger charge is -2.20. The van der Waals surface area contributed by atoms with Gasteiger partial charge in [-0.2, -0.15) is 5.26 Å². The van der Waals surface area contributed by atoms with Gasteiger partial charge in [0.1, 0.15) is 6.04 Å². The zero-order chi connectivity index (χ0) is 18.4. The highest BCUT2D eigenvalue weighted by atomic mass is 16.3. The molecule has 0 heterocycles. The van der Waals surface area contributed by atoms with E-state index < -0.39 is 12.1 Å². The zero-order valence-corrected chi connectivity index (χ0v) is 14.9. The number of rotatable bonds is 5. The van der Waals surface area contributed by atoms with Crippen LogP contribution in [0.2, 0.25) is 0 Å². The van der Waals surface area contributed by atoms with E-state index >= 15 is 0 Å². The number of nitriles is 1. The smallest absolute Gasteiger partial charge is 0.224 e. The third kappa shape index (κ3) is 5.17. The summed E-state index contributed by atoms with van der Waals surface area (Å²) < 4.78 is 0. The summed E-state index contributed by atoms with van der Waals surface area (Å²) in [5.74, 6) is -0.359. The van der Waals surface area contributed by atoms with Crippen LogP contribution in [0.5, 0.6) is 0 Å². The van der Waals surface area contributed by atoms with E-state index in [-0.39, 0.29) is 17.7 Å². The maximum Gasteiger partial charge on any atom is 0.224 e. The molecule has 0 aliphatic heterocycles. The van der Waals surface area contributed by atoms with Crippen molar-refractivity contribution in [3.63, 3.8) is 0 Å². The summed E-state index contributed by atoms with van der Waals surface area (Å²) in [6, 6.07) is 18.1. The Kier molecular flexibility index (Phi) is 5.95. The Bertz CT molecular complexity index is 740. The van der Waals surface area contributed by atoms with Crippen molar-refractivity contribution < 1.29 is 9.90 Å². The number of aliphatic hydroxyl groups excluding tert-OH is 1. The molecular formula is C21H24N2O2. The monoisotopic (exact) mass is 336 g/mol. The average Bonchev–Trinajstić information content (AvgIpc) is 2.59. The summed E-state index contributed by atoms with van der Waals surface area (Å²) in [6.07, 6.45) is -0.966. The van der Waals surface area contributed by atoms with Gasteiger partial charge in [-0.3, -0.25) is 4.79 Å². The first-order valence-electron chi connectivity index (χ1n) is 8.33. The fourth-order valence-electron chi connectivity index (χ4n) is 2.55. The quantitative estimate of drug-likeness (QED) is 0.872. The summed E-state index contributed by atoms with van der Waals surface area (Å²) in [4.78, 5) is 12.2. The molecule has 25 heavy (non-hydrogen) atoms. The van der Waals surface area contributed by atoms with Crippen molar-refractivity contribution in [2.75, 3.05) is 0 Å². The summed E-state index contributed by atoms with van der Waals surface area (Å²) in [6.45, 7) is 6.36. The van der Waals surface area contributed by atoms with Crippen molar-refractivity contribution in [3.05, 3.63) is 71.3 Å². The van der Waals surface area contributed by atoms with Crippen molar-refractivity contribution in [1.82, 2.24) is 5.32 Å². The SMILES string of the molecule is CC(C)(C)c1ccc(C(C#N)NC(=O)CC(O)c2ccccc2)cc1. The summed E-state index contributed by atoms with van der Waals surface area (Å²) in [5.41, 5.74) is 2.61. The van der Waals surface area contributed by atoms with Crippen LogP contribution in [0, 0.1) is 11.3 Å². The van der Waals surface area contributed by atoms with Gasteiger partial charge in [0.15, 0.2) is 0 Å². The Morgan fingerprint density at radius 2 is 1.68 bits per heavy atom. The normalized spacial score (nSPS) is 13.6. The van der Waals surface area contributed by atoms with Gasteiger partial charge in [0.05, 0.1) is 18.6 Å². The van der Waals surface area contributed by atoms with Gasteiger partial charge in [-0.25, -0.2) is 0 Å². The van der Waals surface area contributed by atoms with E-state index in [9.17, 15) is 15.2 Å². The molecule has 0 spiro atoms. The molecule has 0 radical (unpaired) electrons. The van der Waals surface area contributed by atoms with E-state index in [0.29, 0.717) is 5.56 Å². The lowest BCUT2D eigenvalue weighted by Crippen LogP contribution is -2.29. The maximum atomic E-state index is 12.2. The molecular weight excluding hydrogens is 312 g/mol. The van der Waals surface area contributed by atoms with Crippen LogP contribution in [-0.4, -0.2) is 11.0 Å². The van der Waals surface area contributed by atoms with Crippen LogP contribution in [0.4, 0.5) is 0 Å². The molecule has 2 aromatic carbocycles. The highest BCUT2D eigenvalue weighted by molar-refractivity contribution is 5.77. The molecule has 0 fully saturated rings. The molecule has 0 aliphatic rings. The second-order valence-electron chi connectivity index (χ2n) is 7.13. The first-order chi connectivity index (χ1) is 11.8. The summed E-state index contributed by atoms with van der Waals surface area (Å²) >= 11 is 0. The number of nitrogens with one attached hydrogen (secondary N) is 1. The summed E-state index contributed by atoms with van der Waals surface area (Å²) in [7, 11) is 0. The van der Waals surface area contributed by atoms with Gasteiger partial charge in [0, 0.05) is 0 Å². The van der Waals surface area contributed by atoms with Gasteiger partial charge in [-0.15, -0.1) is 0 Å². The van der Waals surface area contributed by atoms with Crippen molar-refractivity contribution in [1.29, 1.82) is 5.26 Å². The van der Waals surface area contributed by atoms with Crippen molar-refractivity contribution >= 4 is 5.91 Å². The molecule has 4 nitrogen and oxygen atoms in total. The van der Waals surface area contributed by atoms with Gasteiger partial charge in [-0.05, 0) is 22.1 Å². The molecule has 2 unspecified atom stereocenters. The van der Waals surface area contributed by atoms with Crippen LogP contribution >= 0.6 is 0 Å². The third-order valence-corrected chi connectivity index (χ3v) is 4.11. The molecule has 0 aliphatic carbocycles. The molecule has 2 atom stereocenters. The van der Waals surface area contributed by atoms with Crippen molar-refractivity contribution in [2.24, 2.45) is 0 Å². The molecule has 4 heteroatoms. The van der Waals surface area contributed by atoms with E-state index in [0.717, 1.165) is 5.56 Å². The van der Waals surface area contributed by atoms with Crippen molar-refractivity contribution in [2.45, 2.75) is 44.8 Å². The molecule has 2 N–H and O–H groups in total. The standard InChI is InChI=1S/C21H24N2O2/c1-21(2,3)17-11-9-15(10-12-17)18(14-22)23-20(25)13-19(24)16-7-5-4-6-8-16/h4-12,18-19,24H,13H2,1-3H3,(H,23,25). The molecule has 0 bridgehead atoms. The first-order valence-corrected chi connectivity index (χ1v) is 8.33. The summed E-state index contributed by atoms with van der Waals surface area (Å²) in [5, 5.41) is 22.2. The fraction of sp³-hybridized carbons (Fsp3) is 0.333. The molecule has 2 rings (SSSR count). The Hall–Kier alpha value is -2.64. The maximum absolute atomic E-state index is 12.2. The van der Waals surface area contributed by atoms with Crippen LogP contribution in [0.3, 0.4) is 0 Å². The highest BCUT2D eigenvalue weighted by Gasteiger charge is 2.19. The number of hydrogen-bond donors (Lipinski definition) is 2. The largest absolute Gasteiger partial charge is 0.388 e. The second kappa shape index (κ2) is 7.96. The van der Waals surface area contributed by atoms with E-state index in [1.807, 2.05) is 42.5 Å². The van der Waals surface area contributed by atoms with Gasteiger partial charge >= 0.3 is 0 Å². The van der Waals surface area contributed by atoms with E-state index in [4.69, 9.17) is 0 Å². The molecule has 0 saturated carbocycles. The Morgan fingerprint density at radius 3 is 2.20 bits per heavy atom. The van der Waals surface area contributed by atoms with E-state index in [2.05, 4.69) is 32.2 Å². The minimum absolute atomic E-state index is 0.0315. The predicted octanol–water partition coefficient (Wildman–Crippen LogP) is 3.79. The average molecular weight is 336 g/mol. The molecule has 1 amide bonds. The van der Waals surface area contributed by atoms with Crippen LogP contribution in [-0.2, 0) is 10.2 Å². The fourth-order valence-corrected chi connectivity index (χ4v) is 2.55. The predicted molar refractivity (Wildman–Crippen MR) is 97.7 cm³/mol. The van der Waals surface area contributed by atoms with Gasteiger partial charge in [-0.1, -0.05) is 75.4 Å². The second-order valence-corrected chi connectivity index (χ2v) is 7.13. The van der Waals surface area contributed by atoms with Gasteiger partial charge in [0.25, 0.3) is 0 Å². The Labute approximate surface area is 149 Å². The number of nitrogens with zero attached hydrogens (tertiary/aromatic N) is 1. The van der Waals surface area contributed by atoms with Crippen LogP contribution < -0.4 is 5.32 Å². The van der Waals surface area contributed by atoms with Crippen LogP contribution in [0.15, 0.2) is 54.6 Å². The molecule has 0 aromatic heterocycles. The minimum Gasteiger partial charge on any atom is -0.388 e. The lowest BCUT2D eigenvalue weighted by atomic mass is 9.86. The Morgan fingerprint density at radius 1 is 1.08 bits per heavy atom. The third-order valence-electron chi connectivity index (χ3n) is 4.11. The number of hydrogen-bond acceptors (Lipinski definition) is 3. The van der Waals surface area contributed by atoms with E-state index in [1.54, 1.807) is 12.1 Å². The number of carbonyl (C=O) groups excluding carboxylic acids is 1.